The minimum absolute atomic E-state index is 0.318. The number of nitrogens with one attached hydrogen (secondary N) is 2. The fraction of sp³-hybridized carbons (Fsp3) is 0.176. The molecular weight excluding hydrogens is 280 g/mol. The van der Waals surface area contributed by atoms with Crippen molar-refractivity contribution in [2.45, 2.75) is 20.4 Å². The van der Waals surface area contributed by atoms with Gasteiger partial charge in [0.1, 0.15) is 5.75 Å². The summed E-state index contributed by atoms with van der Waals surface area (Å²) in [6.45, 7) is 3.77. The summed E-state index contributed by atoms with van der Waals surface area (Å²) in [6.07, 6.45) is 0. The van der Waals surface area contributed by atoms with Crippen molar-refractivity contribution in [3.8, 4) is 5.75 Å². The Balaban J connectivity index is 1.90. The highest BCUT2D eigenvalue weighted by atomic mass is 16.5. The van der Waals surface area contributed by atoms with Crippen LogP contribution in [0.5, 0.6) is 5.75 Å². The molecule has 22 heavy (non-hydrogen) atoms. The molecule has 2 N–H and O–H groups in total. The summed E-state index contributed by atoms with van der Waals surface area (Å²) in [4.78, 5) is 22.8. The molecule has 2 rings (SSSR count). The first-order chi connectivity index (χ1) is 10.5. The van der Waals surface area contributed by atoms with Crippen LogP contribution in [0.4, 0.5) is 10.5 Å². The van der Waals surface area contributed by atoms with Gasteiger partial charge in [0.15, 0.2) is 0 Å². The smallest absolute Gasteiger partial charge is 0.319 e. The van der Waals surface area contributed by atoms with Crippen LogP contribution >= 0.6 is 0 Å². The molecule has 5 nitrogen and oxygen atoms in total. The Kier molecular flexibility index (Phi) is 5.14. The predicted octanol–water partition coefficient (Wildman–Crippen LogP) is 3.24. The molecule has 0 aliphatic rings. The average molecular weight is 298 g/mol. The summed E-state index contributed by atoms with van der Waals surface area (Å²) in [7, 11) is 0. The lowest BCUT2D eigenvalue weighted by Gasteiger charge is -2.09. The van der Waals surface area contributed by atoms with E-state index in [4.69, 9.17) is 4.74 Å². The number of esters is 1. The molecule has 0 aliphatic heterocycles. The monoisotopic (exact) mass is 298 g/mol. The van der Waals surface area contributed by atoms with Crippen LogP contribution in [0, 0.1) is 6.92 Å². The molecule has 0 bridgehead atoms. The van der Waals surface area contributed by atoms with Crippen molar-refractivity contribution in [3.05, 3.63) is 59.7 Å². The normalized spacial score (nSPS) is 9.91. The van der Waals surface area contributed by atoms with Crippen molar-refractivity contribution < 1.29 is 14.3 Å². The van der Waals surface area contributed by atoms with Gasteiger partial charge in [-0.15, -0.1) is 0 Å². The molecule has 0 saturated carbocycles. The summed E-state index contributed by atoms with van der Waals surface area (Å²) in [5.74, 6) is -0.00923. The second kappa shape index (κ2) is 7.26. The van der Waals surface area contributed by atoms with E-state index in [0.717, 1.165) is 11.1 Å². The van der Waals surface area contributed by atoms with Crippen LogP contribution in [-0.4, -0.2) is 12.0 Å². The number of carbonyl (C=O) groups is 2. The molecule has 0 fully saturated rings. The van der Waals surface area contributed by atoms with Gasteiger partial charge < -0.3 is 15.4 Å². The number of benzene rings is 2. The zero-order valence-corrected chi connectivity index (χ0v) is 12.6. The maximum absolute atomic E-state index is 11.9. The van der Waals surface area contributed by atoms with E-state index in [0.29, 0.717) is 18.0 Å². The first-order valence-electron chi connectivity index (χ1n) is 6.92. The molecule has 0 aromatic heterocycles. The molecule has 0 heterocycles. The SMILES string of the molecule is CC(=O)Oc1cccc(NC(=O)NCc2cccc(C)c2)c1. The van der Waals surface area contributed by atoms with Gasteiger partial charge in [-0.3, -0.25) is 4.79 Å². The van der Waals surface area contributed by atoms with Crippen LogP contribution in [0.1, 0.15) is 18.1 Å². The number of rotatable bonds is 4. The molecule has 0 spiro atoms. The van der Waals surface area contributed by atoms with Gasteiger partial charge >= 0.3 is 12.0 Å². The number of aryl methyl sites for hydroxylation is 1. The van der Waals surface area contributed by atoms with Crippen LogP contribution in [0.2, 0.25) is 0 Å². The maximum Gasteiger partial charge on any atom is 0.319 e. The van der Waals surface area contributed by atoms with Crippen molar-refractivity contribution >= 4 is 17.7 Å². The standard InChI is InChI=1S/C17H18N2O3/c1-12-5-3-6-14(9-12)11-18-17(21)19-15-7-4-8-16(10-15)22-13(2)20/h3-10H,11H2,1-2H3,(H2,18,19,21). The minimum atomic E-state index is -0.402. The number of hydrogen-bond donors (Lipinski definition) is 2. The topological polar surface area (TPSA) is 67.4 Å². The Morgan fingerprint density at radius 3 is 2.59 bits per heavy atom. The molecule has 2 aromatic rings. The minimum Gasteiger partial charge on any atom is -0.427 e. The van der Waals surface area contributed by atoms with Gasteiger partial charge in [0.05, 0.1) is 0 Å². The maximum atomic E-state index is 11.9. The molecule has 0 aliphatic carbocycles. The molecule has 0 unspecified atom stereocenters. The number of ether oxygens (including phenoxy) is 1. The summed E-state index contributed by atoms with van der Waals surface area (Å²) < 4.78 is 4.97. The van der Waals surface area contributed by atoms with E-state index in [9.17, 15) is 9.59 Å². The second-order valence-electron chi connectivity index (χ2n) is 4.92. The van der Waals surface area contributed by atoms with Crippen molar-refractivity contribution in [2.24, 2.45) is 0 Å². The first kappa shape index (κ1) is 15.6. The molecule has 2 aromatic carbocycles. The van der Waals surface area contributed by atoms with Gasteiger partial charge in [-0.25, -0.2) is 4.79 Å². The highest BCUT2D eigenvalue weighted by Gasteiger charge is 2.04. The third-order valence-electron chi connectivity index (χ3n) is 2.89. The summed E-state index contributed by atoms with van der Waals surface area (Å²) >= 11 is 0. The third kappa shape index (κ3) is 4.94. The quantitative estimate of drug-likeness (QED) is 0.672. The van der Waals surface area contributed by atoms with E-state index in [1.807, 2.05) is 31.2 Å². The van der Waals surface area contributed by atoms with E-state index in [1.165, 1.54) is 6.92 Å². The third-order valence-corrected chi connectivity index (χ3v) is 2.89. The highest BCUT2D eigenvalue weighted by molar-refractivity contribution is 5.89. The number of urea groups is 1. The van der Waals surface area contributed by atoms with E-state index in [1.54, 1.807) is 24.3 Å². The fourth-order valence-corrected chi connectivity index (χ4v) is 1.98. The lowest BCUT2D eigenvalue weighted by molar-refractivity contribution is -0.131. The number of carbonyl (C=O) groups excluding carboxylic acids is 2. The largest absolute Gasteiger partial charge is 0.427 e. The van der Waals surface area contributed by atoms with E-state index in [-0.39, 0.29) is 6.03 Å². The lowest BCUT2D eigenvalue weighted by atomic mass is 10.1. The second-order valence-corrected chi connectivity index (χ2v) is 4.92. The Morgan fingerprint density at radius 1 is 1.09 bits per heavy atom. The van der Waals surface area contributed by atoms with Crippen molar-refractivity contribution in [2.75, 3.05) is 5.32 Å². The van der Waals surface area contributed by atoms with Crippen molar-refractivity contribution in [1.29, 1.82) is 0 Å². The summed E-state index contributed by atoms with van der Waals surface area (Å²) in [5, 5.41) is 5.48. The Hall–Kier alpha value is -2.82. The van der Waals surface area contributed by atoms with Crippen LogP contribution in [-0.2, 0) is 11.3 Å². The Bertz CT molecular complexity index is 683. The molecular formula is C17H18N2O3. The predicted molar refractivity (Wildman–Crippen MR) is 84.8 cm³/mol. The highest BCUT2D eigenvalue weighted by Crippen LogP contribution is 2.17. The summed E-state index contributed by atoms with van der Waals surface area (Å²) in [6, 6.07) is 14.3. The van der Waals surface area contributed by atoms with Gasteiger partial charge in [0.2, 0.25) is 0 Å². The molecule has 5 heteroatoms. The van der Waals surface area contributed by atoms with Crippen molar-refractivity contribution in [3.63, 3.8) is 0 Å². The van der Waals surface area contributed by atoms with Gasteiger partial charge in [-0.1, -0.05) is 35.9 Å². The van der Waals surface area contributed by atoms with E-state index >= 15 is 0 Å². The van der Waals surface area contributed by atoms with E-state index in [2.05, 4.69) is 10.6 Å². The first-order valence-corrected chi connectivity index (χ1v) is 6.92. The fourth-order valence-electron chi connectivity index (χ4n) is 1.98. The van der Waals surface area contributed by atoms with Crippen LogP contribution in [0.15, 0.2) is 48.5 Å². The Morgan fingerprint density at radius 2 is 1.86 bits per heavy atom. The molecule has 114 valence electrons. The van der Waals surface area contributed by atoms with Crippen LogP contribution < -0.4 is 15.4 Å². The van der Waals surface area contributed by atoms with Crippen LogP contribution in [0.25, 0.3) is 0 Å². The van der Waals surface area contributed by atoms with Gasteiger partial charge in [0.25, 0.3) is 0 Å². The molecule has 2 amide bonds. The van der Waals surface area contributed by atoms with Gasteiger partial charge in [-0.05, 0) is 24.6 Å². The number of hydrogen-bond acceptors (Lipinski definition) is 3. The average Bonchev–Trinajstić information content (AvgIpc) is 2.45. The number of anilines is 1. The van der Waals surface area contributed by atoms with Crippen LogP contribution in [0.3, 0.4) is 0 Å². The molecule has 0 saturated heterocycles. The Labute approximate surface area is 129 Å². The van der Waals surface area contributed by atoms with Crippen molar-refractivity contribution in [1.82, 2.24) is 5.32 Å². The van der Waals surface area contributed by atoms with E-state index < -0.39 is 5.97 Å². The van der Waals surface area contributed by atoms with Gasteiger partial charge in [-0.2, -0.15) is 0 Å². The zero-order valence-electron chi connectivity index (χ0n) is 12.6. The zero-order chi connectivity index (χ0) is 15.9. The number of amides is 2. The van der Waals surface area contributed by atoms with Gasteiger partial charge in [0, 0.05) is 25.2 Å². The molecule has 0 radical (unpaired) electrons. The summed E-state index contributed by atoms with van der Waals surface area (Å²) in [5.41, 5.74) is 2.73. The lowest BCUT2D eigenvalue weighted by Crippen LogP contribution is -2.28. The molecule has 0 atom stereocenters.